The summed E-state index contributed by atoms with van der Waals surface area (Å²) in [7, 11) is 0. The highest BCUT2D eigenvalue weighted by Crippen LogP contribution is 2.29. The molecule has 0 atom stereocenters. The first-order chi connectivity index (χ1) is 15.9. The van der Waals surface area contributed by atoms with Gasteiger partial charge in [-0.2, -0.15) is 0 Å². The Balaban J connectivity index is 1.13. The van der Waals surface area contributed by atoms with Crippen LogP contribution in [0, 0.1) is 0 Å². The molecule has 1 saturated heterocycles. The summed E-state index contributed by atoms with van der Waals surface area (Å²) in [4.78, 5) is 9.23. The average Bonchev–Trinajstić information content (AvgIpc) is 3.32. The van der Waals surface area contributed by atoms with Gasteiger partial charge in [0.15, 0.2) is 5.65 Å². The Morgan fingerprint density at radius 3 is 2.19 bits per heavy atom. The Bertz CT molecular complexity index is 1070. The molecule has 0 saturated carbocycles. The van der Waals surface area contributed by atoms with E-state index in [-0.39, 0.29) is 0 Å². The standard InChI is InChI=1S/C25H28N6O/c1-3-8-21(9-4-1)25(22-10-5-2-6-11-22)30-17-15-29(16-18-30)14-7-19-32-24-13-12-23-26-20-27-31(23)28-24/h1-6,8-13,20,25H,7,14-19H2. The van der Waals surface area contributed by atoms with E-state index in [1.165, 1.54) is 22.1 Å². The van der Waals surface area contributed by atoms with Crippen molar-refractivity contribution in [2.24, 2.45) is 0 Å². The predicted octanol–water partition coefficient (Wildman–Crippen LogP) is 3.30. The van der Waals surface area contributed by atoms with Crippen molar-refractivity contribution < 1.29 is 4.74 Å². The van der Waals surface area contributed by atoms with Crippen molar-refractivity contribution in [2.45, 2.75) is 12.5 Å². The van der Waals surface area contributed by atoms with Crippen molar-refractivity contribution in [2.75, 3.05) is 39.3 Å². The summed E-state index contributed by atoms with van der Waals surface area (Å²) in [5.74, 6) is 0.585. The van der Waals surface area contributed by atoms with E-state index in [2.05, 4.69) is 85.6 Å². The minimum atomic E-state index is 0.306. The molecule has 3 heterocycles. The Labute approximate surface area is 188 Å². The number of benzene rings is 2. The zero-order valence-corrected chi connectivity index (χ0v) is 18.1. The number of hydrogen-bond donors (Lipinski definition) is 0. The molecule has 5 rings (SSSR count). The van der Waals surface area contributed by atoms with E-state index in [4.69, 9.17) is 4.74 Å². The SMILES string of the molecule is c1ccc(C(c2ccccc2)N2CCN(CCCOc3ccc4ncnn4n3)CC2)cc1. The lowest BCUT2D eigenvalue weighted by Gasteiger charge is -2.39. The molecule has 2 aromatic carbocycles. The zero-order chi connectivity index (χ0) is 21.6. The van der Waals surface area contributed by atoms with Gasteiger partial charge in [0.1, 0.15) is 6.33 Å². The third-order valence-corrected chi connectivity index (χ3v) is 6.00. The fourth-order valence-electron chi connectivity index (χ4n) is 4.38. The summed E-state index contributed by atoms with van der Waals surface area (Å²) in [6.45, 7) is 5.92. The second kappa shape index (κ2) is 9.89. The number of ether oxygens (including phenoxy) is 1. The zero-order valence-electron chi connectivity index (χ0n) is 18.1. The predicted molar refractivity (Wildman–Crippen MR) is 124 cm³/mol. The summed E-state index contributed by atoms with van der Waals surface area (Å²) in [6, 6.07) is 25.7. The van der Waals surface area contributed by atoms with E-state index in [1.54, 1.807) is 0 Å². The van der Waals surface area contributed by atoms with Crippen LogP contribution in [0.2, 0.25) is 0 Å². The number of rotatable bonds is 8. The molecule has 7 nitrogen and oxygen atoms in total. The topological polar surface area (TPSA) is 58.8 Å². The van der Waals surface area contributed by atoms with Crippen molar-refractivity contribution in [3.63, 3.8) is 0 Å². The maximum atomic E-state index is 5.81. The van der Waals surface area contributed by atoms with Gasteiger partial charge in [-0.15, -0.1) is 14.8 Å². The van der Waals surface area contributed by atoms with Crippen LogP contribution in [0.25, 0.3) is 5.65 Å². The molecule has 1 aliphatic heterocycles. The number of aromatic nitrogens is 4. The van der Waals surface area contributed by atoms with Crippen LogP contribution < -0.4 is 4.74 Å². The quantitative estimate of drug-likeness (QED) is 0.402. The van der Waals surface area contributed by atoms with E-state index < -0.39 is 0 Å². The van der Waals surface area contributed by atoms with Gasteiger partial charge in [0, 0.05) is 38.8 Å². The highest BCUT2D eigenvalue weighted by atomic mass is 16.5. The highest BCUT2D eigenvalue weighted by Gasteiger charge is 2.26. The summed E-state index contributed by atoms with van der Waals surface area (Å²) in [5.41, 5.74) is 3.44. The van der Waals surface area contributed by atoms with Crippen LogP contribution in [0.4, 0.5) is 0 Å². The van der Waals surface area contributed by atoms with Gasteiger partial charge in [0.2, 0.25) is 5.88 Å². The van der Waals surface area contributed by atoms with Crippen LogP contribution in [0.5, 0.6) is 5.88 Å². The van der Waals surface area contributed by atoms with Gasteiger partial charge in [0.25, 0.3) is 0 Å². The molecule has 2 aromatic heterocycles. The maximum Gasteiger partial charge on any atom is 0.233 e. The van der Waals surface area contributed by atoms with Gasteiger partial charge >= 0.3 is 0 Å². The van der Waals surface area contributed by atoms with Gasteiger partial charge in [0.05, 0.1) is 12.6 Å². The van der Waals surface area contributed by atoms with E-state index in [9.17, 15) is 0 Å². The Morgan fingerprint density at radius 2 is 1.50 bits per heavy atom. The molecule has 0 bridgehead atoms. The number of fused-ring (bicyclic) bond motifs is 1. The summed E-state index contributed by atoms with van der Waals surface area (Å²) in [5, 5.41) is 8.35. The van der Waals surface area contributed by atoms with E-state index in [0.29, 0.717) is 18.5 Å². The largest absolute Gasteiger partial charge is 0.477 e. The van der Waals surface area contributed by atoms with Gasteiger partial charge in [-0.05, 0) is 23.6 Å². The second-order valence-electron chi connectivity index (χ2n) is 8.08. The molecule has 0 aliphatic carbocycles. The molecule has 164 valence electrons. The number of nitrogens with zero attached hydrogens (tertiary/aromatic N) is 6. The van der Waals surface area contributed by atoms with Crippen LogP contribution in [0.3, 0.4) is 0 Å². The van der Waals surface area contributed by atoms with Crippen LogP contribution in [-0.2, 0) is 0 Å². The lowest BCUT2D eigenvalue weighted by molar-refractivity contribution is 0.104. The van der Waals surface area contributed by atoms with Crippen molar-refractivity contribution in [1.29, 1.82) is 0 Å². The highest BCUT2D eigenvalue weighted by molar-refractivity contribution is 5.35. The van der Waals surface area contributed by atoms with Crippen molar-refractivity contribution in [3.8, 4) is 5.88 Å². The average molecular weight is 429 g/mol. The molecule has 0 radical (unpaired) electrons. The molecule has 32 heavy (non-hydrogen) atoms. The molecule has 0 amide bonds. The summed E-state index contributed by atoms with van der Waals surface area (Å²) >= 11 is 0. The molecule has 1 fully saturated rings. The van der Waals surface area contributed by atoms with Crippen molar-refractivity contribution in [3.05, 3.63) is 90.3 Å². The van der Waals surface area contributed by atoms with Gasteiger partial charge < -0.3 is 9.64 Å². The van der Waals surface area contributed by atoms with Gasteiger partial charge in [-0.25, -0.2) is 4.98 Å². The van der Waals surface area contributed by atoms with Gasteiger partial charge in [-0.1, -0.05) is 60.7 Å². The maximum absolute atomic E-state index is 5.81. The fourth-order valence-corrected chi connectivity index (χ4v) is 4.38. The second-order valence-corrected chi connectivity index (χ2v) is 8.08. The Morgan fingerprint density at radius 1 is 0.812 bits per heavy atom. The Kier molecular flexibility index (Phi) is 6.37. The monoisotopic (exact) mass is 428 g/mol. The van der Waals surface area contributed by atoms with Crippen LogP contribution >= 0.6 is 0 Å². The van der Waals surface area contributed by atoms with Crippen molar-refractivity contribution >= 4 is 5.65 Å². The molecule has 7 heteroatoms. The van der Waals surface area contributed by atoms with Crippen LogP contribution in [0.15, 0.2) is 79.1 Å². The molecule has 4 aromatic rings. The first-order valence-electron chi connectivity index (χ1n) is 11.2. The van der Waals surface area contributed by atoms with Gasteiger partial charge in [-0.3, -0.25) is 4.90 Å². The third kappa shape index (κ3) is 4.79. The molecule has 0 N–H and O–H groups in total. The summed E-state index contributed by atoms with van der Waals surface area (Å²) in [6.07, 6.45) is 2.46. The van der Waals surface area contributed by atoms with Crippen LogP contribution in [0.1, 0.15) is 23.6 Å². The number of piperazine rings is 1. The van der Waals surface area contributed by atoms with E-state index in [0.717, 1.165) is 44.8 Å². The molecular formula is C25H28N6O. The first-order valence-corrected chi connectivity index (χ1v) is 11.2. The molecule has 0 unspecified atom stereocenters. The third-order valence-electron chi connectivity index (χ3n) is 6.00. The lowest BCUT2D eigenvalue weighted by atomic mass is 9.96. The first kappa shape index (κ1) is 20.6. The lowest BCUT2D eigenvalue weighted by Crippen LogP contribution is -2.48. The molecular weight excluding hydrogens is 400 g/mol. The smallest absolute Gasteiger partial charge is 0.233 e. The van der Waals surface area contributed by atoms with E-state index in [1.807, 2.05) is 12.1 Å². The normalized spacial score (nSPS) is 15.4. The summed E-state index contributed by atoms with van der Waals surface area (Å²) < 4.78 is 7.30. The van der Waals surface area contributed by atoms with Crippen LogP contribution in [-0.4, -0.2) is 68.9 Å². The Hall–Kier alpha value is -3.29. The molecule has 0 spiro atoms. The number of hydrogen-bond acceptors (Lipinski definition) is 6. The van der Waals surface area contributed by atoms with Crippen molar-refractivity contribution in [1.82, 2.24) is 29.6 Å². The minimum absolute atomic E-state index is 0.306. The van der Waals surface area contributed by atoms with E-state index >= 15 is 0 Å². The molecule has 1 aliphatic rings. The minimum Gasteiger partial charge on any atom is -0.477 e. The fraction of sp³-hybridized carbons (Fsp3) is 0.320.